The smallest absolute Gasteiger partial charge is 0.317 e. The lowest BCUT2D eigenvalue weighted by Crippen LogP contribution is -2.43. The van der Waals surface area contributed by atoms with Gasteiger partial charge in [0.1, 0.15) is 5.76 Å². The molecule has 1 aliphatic heterocycles. The first-order chi connectivity index (χ1) is 13.0. The molecule has 0 unspecified atom stereocenters. The fourth-order valence-electron chi connectivity index (χ4n) is 3.37. The molecule has 0 saturated carbocycles. The normalized spacial score (nSPS) is 16.8. The molecular formula is C21H27N3O3. The number of carbonyl (C=O) groups is 2. The van der Waals surface area contributed by atoms with Gasteiger partial charge in [-0.25, -0.2) is 4.79 Å². The van der Waals surface area contributed by atoms with Crippen molar-refractivity contribution in [1.29, 1.82) is 0 Å². The summed E-state index contributed by atoms with van der Waals surface area (Å²) in [6.07, 6.45) is 2.07. The fraction of sp³-hybridized carbons (Fsp3) is 0.429. The highest BCUT2D eigenvalue weighted by Gasteiger charge is 2.31. The molecule has 0 spiro atoms. The van der Waals surface area contributed by atoms with E-state index in [0.717, 1.165) is 11.4 Å². The lowest BCUT2D eigenvalue weighted by molar-refractivity contribution is -0.117. The Morgan fingerprint density at radius 2 is 2.04 bits per heavy atom. The Kier molecular flexibility index (Phi) is 6.16. The molecule has 0 aliphatic carbocycles. The van der Waals surface area contributed by atoms with E-state index >= 15 is 0 Å². The number of hydrogen-bond donors (Lipinski definition) is 1. The Labute approximate surface area is 160 Å². The maximum absolute atomic E-state index is 12.7. The Bertz CT molecular complexity index is 743. The van der Waals surface area contributed by atoms with Gasteiger partial charge in [0.25, 0.3) is 0 Å². The summed E-state index contributed by atoms with van der Waals surface area (Å²) in [6, 6.07) is 13.2. The number of nitrogens with one attached hydrogen (secondary N) is 1. The average molecular weight is 369 g/mol. The second-order valence-electron chi connectivity index (χ2n) is 7.45. The van der Waals surface area contributed by atoms with Crippen molar-refractivity contribution in [2.45, 2.75) is 26.8 Å². The molecule has 6 nitrogen and oxygen atoms in total. The van der Waals surface area contributed by atoms with E-state index in [1.807, 2.05) is 42.5 Å². The molecule has 1 N–H and O–H groups in total. The molecule has 1 aromatic carbocycles. The van der Waals surface area contributed by atoms with Crippen LogP contribution in [0.1, 0.15) is 26.0 Å². The topological polar surface area (TPSA) is 65.8 Å². The minimum absolute atomic E-state index is 0.107. The number of anilines is 1. The highest BCUT2D eigenvalue weighted by Crippen LogP contribution is 2.24. The number of amides is 3. The van der Waals surface area contributed by atoms with Crippen LogP contribution in [0.4, 0.5) is 10.5 Å². The summed E-state index contributed by atoms with van der Waals surface area (Å²) in [6.45, 7) is 6.36. The Morgan fingerprint density at radius 1 is 1.26 bits per heavy atom. The van der Waals surface area contributed by atoms with Crippen LogP contribution in [0.15, 0.2) is 53.1 Å². The summed E-state index contributed by atoms with van der Waals surface area (Å²) in [7, 11) is 0. The van der Waals surface area contributed by atoms with Crippen LogP contribution in [0, 0.1) is 11.8 Å². The molecule has 144 valence electrons. The van der Waals surface area contributed by atoms with E-state index in [0.29, 0.717) is 38.5 Å². The fourth-order valence-corrected chi connectivity index (χ4v) is 3.37. The van der Waals surface area contributed by atoms with Crippen molar-refractivity contribution in [2.75, 3.05) is 24.5 Å². The maximum Gasteiger partial charge on any atom is 0.317 e. The number of urea groups is 1. The first kappa shape index (κ1) is 19.0. The van der Waals surface area contributed by atoms with Crippen LogP contribution in [-0.2, 0) is 11.3 Å². The monoisotopic (exact) mass is 369 g/mol. The molecule has 0 radical (unpaired) electrons. The van der Waals surface area contributed by atoms with E-state index in [1.54, 1.807) is 16.1 Å². The van der Waals surface area contributed by atoms with Crippen molar-refractivity contribution >= 4 is 17.6 Å². The zero-order valence-corrected chi connectivity index (χ0v) is 15.9. The molecule has 3 amide bonds. The zero-order valence-electron chi connectivity index (χ0n) is 15.9. The van der Waals surface area contributed by atoms with Gasteiger partial charge in [-0.05, 0) is 30.2 Å². The van der Waals surface area contributed by atoms with Gasteiger partial charge in [-0.15, -0.1) is 0 Å². The number of hydrogen-bond acceptors (Lipinski definition) is 3. The van der Waals surface area contributed by atoms with Crippen LogP contribution in [0.5, 0.6) is 0 Å². The lowest BCUT2D eigenvalue weighted by atomic mass is 10.1. The van der Waals surface area contributed by atoms with E-state index in [9.17, 15) is 9.59 Å². The van der Waals surface area contributed by atoms with E-state index in [-0.39, 0.29) is 17.9 Å². The lowest BCUT2D eigenvalue weighted by Gasteiger charge is -2.25. The van der Waals surface area contributed by atoms with Gasteiger partial charge in [0.05, 0.1) is 12.8 Å². The predicted molar refractivity (Wildman–Crippen MR) is 104 cm³/mol. The van der Waals surface area contributed by atoms with Crippen molar-refractivity contribution in [3.05, 3.63) is 54.5 Å². The number of rotatable bonds is 7. The Balaban J connectivity index is 1.54. The first-order valence-corrected chi connectivity index (χ1v) is 9.43. The van der Waals surface area contributed by atoms with Gasteiger partial charge in [-0.3, -0.25) is 4.79 Å². The van der Waals surface area contributed by atoms with Crippen molar-refractivity contribution in [3.63, 3.8) is 0 Å². The first-order valence-electron chi connectivity index (χ1n) is 9.43. The van der Waals surface area contributed by atoms with E-state index in [4.69, 9.17) is 4.42 Å². The van der Waals surface area contributed by atoms with Gasteiger partial charge in [0, 0.05) is 37.7 Å². The molecule has 1 fully saturated rings. The minimum atomic E-state index is -0.120. The second kappa shape index (κ2) is 8.75. The molecule has 27 heavy (non-hydrogen) atoms. The SMILES string of the molecule is CC(C)CN(Cc1ccco1)C(=O)NC[C@@H]1CC(=O)N(c2ccccc2)C1. The van der Waals surface area contributed by atoms with Crippen LogP contribution in [0.2, 0.25) is 0 Å². The molecule has 2 heterocycles. The number of benzene rings is 1. The Hall–Kier alpha value is -2.76. The highest BCUT2D eigenvalue weighted by molar-refractivity contribution is 5.95. The average Bonchev–Trinajstić information content (AvgIpc) is 3.29. The van der Waals surface area contributed by atoms with E-state index in [2.05, 4.69) is 19.2 Å². The highest BCUT2D eigenvalue weighted by atomic mass is 16.3. The van der Waals surface area contributed by atoms with Crippen LogP contribution in [0.3, 0.4) is 0 Å². The minimum Gasteiger partial charge on any atom is -0.467 e. The number of carbonyl (C=O) groups excluding carboxylic acids is 2. The number of para-hydroxylation sites is 1. The van der Waals surface area contributed by atoms with Crippen LogP contribution in [0.25, 0.3) is 0 Å². The van der Waals surface area contributed by atoms with Gasteiger partial charge in [0.15, 0.2) is 0 Å². The molecular weight excluding hydrogens is 342 g/mol. The third-order valence-corrected chi connectivity index (χ3v) is 4.61. The quantitative estimate of drug-likeness (QED) is 0.812. The summed E-state index contributed by atoms with van der Waals surface area (Å²) in [4.78, 5) is 28.5. The van der Waals surface area contributed by atoms with Gasteiger partial charge in [-0.2, -0.15) is 0 Å². The van der Waals surface area contributed by atoms with Gasteiger partial charge in [-0.1, -0.05) is 32.0 Å². The molecule has 1 aromatic heterocycles. The maximum atomic E-state index is 12.7. The van der Waals surface area contributed by atoms with Gasteiger partial charge in [0.2, 0.25) is 5.91 Å². The second-order valence-corrected chi connectivity index (χ2v) is 7.45. The van der Waals surface area contributed by atoms with Crippen molar-refractivity contribution < 1.29 is 14.0 Å². The number of nitrogens with zero attached hydrogens (tertiary/aromatic N) is 2. The molecule has 2 aromatic rings. The molecule has 6 heteroatoms. The van der Waals surface area contributed by atoms with Gasteiger partial charge < -0.3 is 19.5 Å². The van der Waals surface area contributed by atoms with Crippen molar-refractivity contribution in [1.82, 2.24) is 10.2 Å². The Morgan fingerprint density at radius 3 is 2.70 bits per heavy atom. The van der Waals surface area contributed by atoms with E-state index < -0.39 is 0 Å². The third kappa shape index (κ3) is 5.12. The summed E-state index contributed by atoms with van der Waals surface area (Å²) >= 11 is 0. The summed E-state index contributed by atoms with van der Waals surface area (Å²) < 4.78 is 5.38. The summed E-state index contributed by atoms with van der Waals surface area (Å²) in [5, 5.41) is 3.00. The summed E-state index contributed by atoms with van der Waals surface area (Å²) in [5.74, 6) is 1.34. The van der Waals surface area contributed by atoms with E-state index in [1.165, 1.54) is 0 Å². The predicted octanol–water partition coefficient (Wildman–Crippen LogP) is 3.50. The van der Waals surface area contributed by atoms with Crippen LogP contribution >= 0.6 is 0 Å². The summed E-state index contributed by atoms with van der Waals surface area (Å²) in [5.41, 5.74) is 0.913. The van der Waals surface area contributed by atoms with Crippen LogP contribution < -0.4 is 10.2 Å². The van der Waals surface area contributed by atoms with Crippen LogP contribution in [-0.4, -0.2) is 36.5 Å². The standard InChI is InChI=1S/C21H27N3O3/c1-16(2)13-23(15-19-9-6-10-27-19)21(26)22-12-17-11-20(25)24(14-17)18-7-4-3-5-8-18/h3-10,16-17H,11-15H2,1-2H3,(H,22,26)/t17-/m0/s1. The zero-order chi connectivity index (χ0) is 19.2. The number of furan rings is 1. The molecule has 0 bridgehead atoms. The molecule has 3 rings (SSSR count). The molecule has 1 saturated heterocycles. The molecule has 1 aliphatic rings. The third-order valence-electron chi connectivity index (χ3n) is 4.61. The van der Waals surface area contributed by atoms with Crippen molar-refractivity contribution in [3.8, 4) is 0 Å². The largest absolute Gasteiger partial charge is 0.467 e. The molecule has 1 atom stereocenters. The van der Waals surface area contributed by atoms with Crippen molar-refractivity contribution in [2.24, 2.45) is 11.8 Å². The van der Waals surface area contributed by atoms with Gasteiger partial charge >= 0.3 is 6.03 Å².